The number of methoxy groups -OCH3 is 2. The molecular formula is C19H16N2O4S. The van der Waals surface area contributed by atoms with Crippen LogP contribution in [0.5, 0.6) is 17.2 Å². The number of hydrogen-bond donors (Lipinski definition) is 1. The normalized spacial score (nSPS) is 11.8. The summed E-state index contributed by atoms with van der Waals surface area (Å²) >= 11 is 1.41. The molecule has 0 fully saturated rings. The van der Waals surface area contributed by atoms with Crippen LogP contribution in [0.15, 0.2) is 42.5 Å². The van der Waals surface area contributed by atoms with E-state index in [0.29, 0.717) is 28.8 Å². The lowest BCUT2D eigenvalue weighted by Gasteiger charge is -2.15. The molecule has 1 aliphatic heterocycles. The number of thiazole rings is 1. The molecule has 1 aliphatic rings. The monoisotopic (exact) mass is 368 g/mol. The van der Waals surface area contributed by atoms with Crippen LogP contribution in [0.4, 0.5) is 5.13 Å². The molecule has 1 aromatic heterocycles. The standard InChI is InChI=1S/C19H16N2O4S/c1-23-14-9-5-7-12(17(14)24-2)18(22)21-19-20-16-11-6-3-4-8-13(11)25-10-15(16)26-19/h3-9H,10H2,1-2H3,(H,20,21,22). The summed E-state index contributed by atoms with van der Waals surface area (Å²) in [6.45, 7) is 0.447. The van der Waals surface area contributed by atoms with Crippen LogP contribution in [0.2, 0.25) is 0 Å². The van der Waals surface area contributed by atoms with Gasteiger partial charge in [-0.05, 0) is 24.3 Å². The molecule has 0 spiro atoms. The number of carbonyl (C=O) groups excluding carboxylic acids is 1. The smallest absolute Gasteiger partial charge is 0.261 e. The highest BCUT2D eigenvalue weighted by Crippen LogP contribution is 2.41. The minimum absolute atomic E-state index is 0.305. The van der Waals surface area contributed by atoms with Gasteiger partial charge in [-0.2, -0.15) is 0 Å². The van der Waals surface area contributed by atoms with Crippen LogP contribution in [0.1, 0.15) is 15.2 Å². The van der Waals surface area contributed by atoms with Crippen molar-refractivity contribution in [3.8, 4) is 28.5 Å². The Balaban J connectivity index is 1.64. The van der Waals surface area contributed by atoms with Gasteiger partial charge >= 0.3 is 0 Å². The molecule has 0 unspecified atom stereocenters. The summed E-state index contributed by atoms with van der Waals surface area (Å²) < 4.78 is 16.3. The van der Waals surface area contributed by atoms with Crippen molar-refractivity contribution in [1.29, 1.82) is 0 Å². The number of amides is 1. The van der Waals surface area contributed by atoms with Crippen molar-refractivity contribution in [1.82, 2.24) is 4.98 Å². The Morgan fingerprint density at radius 3 is 2.81 bits per heavy atom. The molecule has 1 N–H and O–H groups in total. The lowest BCUT2D eigenvalue weighted by atomic mass is 10.1. The van der Waals surface area contributed by atoms with E-state index in [-0.39, 0.29) is 5.91 Å². The van der Waals surface area contributed by atoms with E-state index in [0.717, 1.165) is 21.9 Å². The number of carbonyl (C=O) groups is 1. The number of nitrogens with zero attached hydrogens (tertiary/aromatic N) is 1. The molecule has 0 aliphatic carbocycles. The molecule has 2 aromatic carbocycles. The third kappa shape index (κ3) is 2.76. The molecule has 3 aromatic rings. The average molecular weight is 368 g/mol. The van der Waals surface area contributed by atoms with Gasteiger partial charge in [0.2, 0.25) is 0 Å². The van der Waals surface area contributed by atoms with Crippen molar-refractivity contribution in [2.75, 3.05) is 19.5 Å². The van der Waals surface area contributed by atoms with Crippen LogP contribution >= 0.6 is 11.3 Å². The number of benzene rings is 2. The quantitative estimate of drug-likeness (QED) is 0.754. The second-order valence-corrected chi connectivity index (χ2v) is 6.65. The number of aromatic nitrogens is 1. The molecule has 0 bridgehead atoms. The summed E-state index contributed by atoms with van der Waals surface area (Å²) in [5, 5.41) is 3.37. The highest BCUT2D eigenvalue weighted by molar-refractivity contribution is 7.16. The average Bonchev–Trinajstić information content (AvgIpc) is 3.10. The second kappa shape index (κ2) is 6.68. The summed E-state index contributed by atoms with van der Waals surface area (Å²) in [7, 11) is 3.04. The third-order valence-electron chi connectivity index (χ3n) is 4.07. The fraction of sp³-hybridized carbons (Fsp3) is 0.158. The molecular weight excluding hydrogens is 352 g/mol. The van der Waals surface area contributed by atoms with E-state index < -0.39 is 0 Å². The van der Waals surface area contributed by atoms with Gasteiger partial charge in [0, 0.05) is 5.56 Å². The van der Waals surface area contributed by atoms with Crippen molar-refractivity contribution in [2.45, 2.75) is 6.61 Å². The zero-order valence-corrected chi connectivity index (χ0v) is 15.1. The van der Waals surface area contributed by atoms with E-state index in [2.05, 4.69) is 10.3 Å². The number of para-hydroxylation sites is 2. The molecule has 1 amide bonds. The first-order valence-electron chi connectivity index (χ1n) is 7.95. The summed E-state index contributed by atoms with van der Waals surface area (Å²) in [5.74, 6) is 1.39. The Hall–Kier alpha value is -3.06. The van der Waals surface area contributed by atoms with Crippen molar-refractivity contribution in [3.05, 3.63) is 52.9 Å². The Morgan fingerprint density at radius 1 is 1.15 bits per heavy atom. The fourth-order valence-corrected chi connectivity index (χ4v) is 3.76. The molecule has 0 saturated heterocycles. The molecule has 26 heavy (non-hydrogen) atoms. The lowest BCUT2D eigenvalue weighted by molar-refractivity contribution is 0.102. The maximum Gasteiger partial charge on any atom is 0.261 e. The third-order valence-corrected chi connectivity index (χ3v) is 5.01. The Bertz CT molecular complexity index is 983. The molecule has 0 atom stereocenters. The molecule has 4 rings (SSSR count). The van der Waals surface area contributed by atoms with Gasteiger partial charge in [-0.1, -0.05) is 29.5 Å². The molecule has 0 radical (unpaired) electrons. The maximum atomic E-state index is 12.7. The van der Waals surface area contributed by atoms with Gasteiger partial charge in [-0.3, -0.25) is 10.1 Å². The number of hydrogen-bond acceptors (Lipinski definition) is 6. The molecule has 6 nitrogen and oxygen atoms in total. The van der Waals surface area contributed by atoms with Gasteiger partial charge < -0.3 is 14.2 Å². The number of rotatable bonds is 4. The summed E-state index contributed by atoms with van der Waals surface area (Å²) in [6, 6.07) is 12.9. The first kappa shape index (κ1) is 16.4. The number of fused-ring (bicyclic) bond motifs is 3. The minimum atomic E-state index is -0.305. The Kier molecular flexibility index (Phi) is 4.22. The first-order valence-corrected chi connectivity index (χ1v) is 8.77. The van der Waals surface area contributed by atoms with Crippen LogP contribution in [-0.2, 0) is 6.61 Å². The van der Waals surface area contributed by atoms with Gasteiger partial charge in [0.15, 0.2) is 16.6 Å². The molecule has 0 saturated carbocycles. The van der Waals surface area contributed by atoms with Crippen molar-refractivity contribution in [2.24, 2.45) is 0 Å². The van der Waals surface area contributed by atoms with E-state index >= 15 is 0 Å². The van der Waals surface area contributed by atoms with Crippen molar-refractivity contribution >= 4 is 22.4 Å². The number of ether oxygens (including phenoxy) is 3. The number of nitrogens with one attached hydrogen (secondary N) is 1. The van der Waals surface area contributed by atoms with Gasteiger partial charge in [0.1, 0.15) is 12.4 Å². The SMILES string of the molecule is COc1cccc(C(=O)Nc2nc3c(s2)COc2ccccc2-3)c1OC. The Labute approximate surface area is 154 Å². The summed E-state index contributed by atoms with van der Waals surface area (Å²) in [6.07, 6.45) is 0. The van der Waals surface area contributed by atoms with Gasteiger partial charge in [0.25, 0.3) is 5.91 Å². The van der Waals surface area contributed by atoms with Crippen LogP contribution in [0.3, 0.4) is 0 Å². The van der Waals surface area contributed by atoms with Crippen LogP contribution in [0.25, 0.3) is 11.3 Å². The highest BCUT2D eigenvalue weighted by Gasteiger charge is 2.23. The predicted molar refractivity (Wildman–Crippen MR) is 99.4 cm³/mol. The molecule has 2 heterocycles. The van der Waals surface area contributed by atoms with Gasteiger partial charge in [-0.15, -0.1) is 0 Å². The highest BCUT2D eigenvalue weighted by atomic mass is 32.1. The zero-order chi connectivity index (χ0) is 18.1. The number of anilines is 1. The van der Waals surface area contributed by atoms with E-state index in [4.69, 9.17) is 14.2 Å². The van der Waals surface area contributed by atoms with E-state index in [9.17, 15) is 4.79 Å². The van der Waals surface area contributed by atoms with E-state index in [1.54, 1.807) is 18.2 Å². The van der Waals surface area contributed by atoms with E-state index in [1.165, 1.54) is 25.6 Å². The van der Waals surface area contributed by atoms with Crippen LogP contribution in [0, 0.1) is 0 Å². The van der Waals surface area contributed by atoms with Gasteiger partial charge in [-0.25, -0.2) is 4.98 Å². The van der Waals surface area contributed by atoms with Crippen LogP contribution in [-0.4, -0.2) is 25.1 Å². The zero-order valence-electron chi connectivity index (χ0n) is 14.2. The maximum absolute atomic E-state index is 12.7. The van der Waals surface area contributed by atoms with E-state index in [1.807, 2.05) is 24.3 Å². The van der Waals surface area contributed by atoms with Crippen LogP contribution < -0.4 is 19.5 Å². The molecule has 7 heteroatoms. The van der Waals surface area contributed by atoms with Gasteiger partial charge in [0.05, 0.1) is 30.4 Å². The van der Waals surface area contributed by atoms with Crippen molar-refractivity contribution < 1.29 is 19.0 Å². The second-order valence-electron chi connectivity index (χ2n) is 5.57. The van der Waals surface area contributed by atoms with Crippen molar-refractivity contribution in [3.63, 3.8) is 0 Å². The Morgan fingerprint density at radius 2 is 2.00 bits per heavy atom. The predicted octanol–water partition coefficient (Wildman–Crippen LogP) is 3.97. The largest absolute Gasteiger partial charge is 0.493 e. The topological polar surface area (TPSA) is 69.7 Å². The summed E-state index contributed by atoms with van der Waals surface area (Å²) in [5.41, 5.74) is 2.17. The first-order chi connectivity index (χ1) is 12.7. The fourth-order valence-electron chi connectivity index (χ4n) is 2.88. The molecule has 132 valence electrons. The minimum Gasteiger partial charge on any atom is -0.493 e. The lowest BCUT2D eigenvalue weighted by Crippen LogP contribution is -2.13. The summed E-state index contributed by atoms with van der Waals surface area (Å²) in [4.78, 5) is 18.3.